The fourth-order valence-electron chi connectivity index (χ4n) is 1.92. The van der Waals surface area contributed by atoms with E-state index >= 15 is 0 Å². The summed E-state index contributed by atoms with van der Waals surface area (Å²) in [4.78, 5) is 11.0. The lowest BCUT2D eigenvalue weighted by Crippen LogP contribution is -2.34. The van der Waals surface area contributed by atoms with Gasteiger partial charge in [0.05, 0.1) is 5.69 Å². The second-order valence-electron chi connectivity index (χ2n) is 4.63. The average molecular weight is 299 g/mol. The summed E-state index contributed by atoms with van der Waals surface area (Å²) < 4.78 is 27.2. The Hall–Kier alpha value is -1.60. The molecule has 0 saturated heterocycles. The smallest absolute Gasteiger partial charge is 0.248 e. The van der Waals surface area contributed by atoms with E-state index in [1.54, 1.807) is 0 Å². The van der Waals surface area contributed by atoms with Crippen LogP contribution < -0.4 is 16.2 Å². The molecule has 0 bridgehead atoms. The van der Waals surface area contributed by atoms with Crippen LogP contribution in [-0.2, 0) is 10.0 Å². The molecule has 0 heterocycles. The Bertz CT molecular complexity index is 585. The van der Waals surface area contributed by atoms with Gasteiger partial charge in [-0.1, -0.05) is 20.3 Å². The molecule has 0 fully saturated rings. The van der Waals surface area contributed by atoms with Crippen molar-refractivity contribution in [1.82, 2.24) is 4.72 Å². The third-order valence-corrected chi connectivity index (χ3v) is 4.63. The van der Waals surface area contributed by atoms with E-state index in [-0.39, 0.29) is 22.2 Å². The molecule has 112 valence electrons. The number of carbonyl (C=O) groups is 1. The number of carbonyl (C=O) groups excluding carboxylic acids is 1. The van der Waals surface area contributed by atoms with Crippen LogP contribution >= 0.6 is 0 Å². The number of hydrogen-bond donors (Lipinski definition) is 3. The summed E-state index contributed by atoms with van der Waals surface area (Å²) in [6.45, 7) is 3.91. The van der Waals surface area contributed by atoms with Crippen LogP contribution in [0.5, 0.6) is 0 Å². The number of rotatable bonds is 7. The summed E-state index contributed by atoms with van der Waals surface area (Å²) in [7, 11) is -3.69. The zero-order valence-corrected chi connectivity index (χ0v) is 12.5. The topological polar surface area (TPSA) is 115 Å². The van der Waals surface area contributed by atoms with Gasteiger partial charge in [-0.25, -0.2) is 13.1 Å². The van der Waals surface area contributed by atoms with Crippen LogP contribution in [-0.4, -0.2) is 20.4 Å². The van der Waals surface area contributed by atoms with E-state index in [2.05, 4.69) is 4.72 Å². The summed E-state index contributed by atoms with van der Waals surface area (Å²) in [6, 6.07) is 3.81. The summed E-state index contributed by atoms with van der Waals surface area (Å²) in [5, 5.41) is 0. The van der Waals surface area contributed by atoms with E-state index in [9.17, 15) is 13.2 Å². The van der Waals surface area contributed by atoms with Gasteiger partial charge >= 0.3 is 0 Å². The fraction of sp³-hybridized carbons (Fsp3) is 0.462. The quantitative estimate of drug-likeness (QED) is 0.656. The molecule has 0 saturated carbocycles. The molecule has 0 aliphatic heterocycles. The van der Waals surface area contributed by atoms with Crippen molar-refractivity contribution in [2.24, 2.45) is 5.73 Å². The van der Waals surface area contributed by atoms with Crippen molar-refractivity contribution in [3.63, 3.8) is 0 Å². The lowest BCUT2D eigenvalue weighted by Gasteiger charge is -2.17. The van der Waals surface area contributed by atoms with Crippen LogP contribution in [0.25, 0.3) is 0 Å². The highest BCUT2D eigenvalue weighted by molar-refractivity contribution is 7.89. The Morgan fingerprint density at radius 3 is 2.45 bits per heavy atom. The molecule has 6 nitrogen and oxygen atoms in total. The van der Waals surface area contributed by atoms with Gasteiger partial charge in [-0.15, -0.1) is 0 Å². The van der Waals surface area contributed by atoms with Gasteiger partial charge in [-0.2, -0.15) is 0 Å². The summed E-state index contributed by atoms with van der Waals surface area (Å²) >= 11 is 0. The molecular formula is C13H21N3O3S. The molecule has 1 atom stereocenters. The van der Waals surface area contributed by atoms with Crippen molar-refractivity contribution >= 4 is 21.6 Å². The largest absolute Gasteiger partial charge is 0.398 e. The van der Waals surface area contributed by atoms with Gasteiger partial charge in [-0.3, -0.25) is 4.79 Å². The summed E-state index contributed by atoms with van der Waals surface area (Å²) in [5.41, 5.74) is 11.0. The molecular weight excluding hydrogens is 278 g/mol. The van der Waals surface area contributed by atoms with Crippen molar-refractivity contribution in [1.29, 1.82) is 0 Å². The summed E-state index contributed by atoms with van der Waals surface area (Å²) in [5.74, 6) is -0.647. The molecule has 0 aliphatic rings. The molecule has 0 radical (unpaired) electrons. The third kappa shape index (κ3) is 3.94. The Balaban J connectivity index is 3.06. The Kier molecular flexibility index (Phi) is 5.52. The predicted molar refractivity (Wildman–Crippen MR) is 78.7 cm³/mol. The van der Waals surface area contributed by atoms with Gasteiger partial charge in [0.25, 0.3) is 0 Å². The number of benzene rings is 1. The van der Waals surface area contributed by atoms with Crippen LogP contribution in [0.1, 0.15) is 43.5 Å². The van der Waals surface area contributed by atoms with E-state index in [1.807, 2.05) is 13.8 Å². The molecule has 1 amide bonds. The maximum absolute atomic E-state index is 12.3. The van der Waals surface area contributed by atoms with Crippen LogP contribution in [0.15, 0.2) is 23.1 Å². The van der Waals surface area contributed by atoms with Gasteiger partial charge in [-0.05, 0) is 31.0 Å². The molecule has 20 heavy (non-hydrogen) atoms. The molecule has 7 heteroatoms. The first-order chi connectivity index (χ1) is 9.31. The first-order valence-electron chi connectivity index (χ1n) is 6.53. The van der Waals surface area contributed by atoms with E-state index in [0.717, 1.165) is 12.8 Å². The monoisotopic (exact) mass is 299 g/mol. The van der Waals surface area contributed by atoms with Crippen LogP contribution in [0.3, 0.4) is 0 Å². The normalized spacial score (nSPS) is 13.1. The number of nitrogens with one attached hydrogen (secondary N) is 1. The zero-order valence-electron chi connectivity index (χ0n) is 11.7. The van der Waals surface area contributed by atoms with Crippen LogP contribution in [0, 0.1) is 0 Å². The number of amides is 1. The number of nitrogen functional groups attached to an aromatic ring is 1. The maximum Gasteiger partial charge on any atom is 0.248 e. The number of anilines is 1. The number of nitrogens with two attached hydrogens (primary N) is 2. The van der Waals surface area contributed by atoms with Gasteiger partial charge in [0.2, 0.25) is 15.9 Å². The minimum absolute atomic E-state index is 0.0140. The molecule has 0 spiro atoms. The van der Waals surface area contributed by atoms with Crippen molar-refractivity contribution in [3.8, 4) is 0 Å². The van der Waals surface area contributed by atoms with Crippen molar-refractivity contribution in [2.45, 2.75) is 44.0 Å². The number of sulfonamides is 1. The molecule has 0 aliphatic carbocycles. The molecule has 0 aromatic heterocycles. The number of primary amides is 1. The fourth-order valence-corrected chi connectivity index (χ4v) is 3.39. The first-order valence-corrected chi connectivity index (χ1v) is 8.01. The van der Waals surface area contributed by atoms with E-state index in [4.69, 9.17) is 11.5 Å². The Labute approximate surface area is 119 Å². The van der Waals surface area contributed by atoms with Gasteiger partial charge in [0, 0.05) is 11.6 Å². The molecule has 1 rings (SSSR count). The van der Waals surface area contributed by atoms with E-state index in [1.165, 1.54) is 18.2 Å². The first kappa shape index (κ1) is 16.5. The van der Waals surface area contributed by atoms with E-state index < -0.39 is 15.9 Å². The molecule has 5 N–H and O–H groups in total. The minimum atomic E-state index is -3.69. The Morgan fingerprint density at radius 1 is 1.35 bits per heavy atom. The molecule has 1 unspecified atom stereocenters. The van der Waals surface area contributed by atoms with Crippen molar-refractivity contribution in [3.05, 3.63) is 23.8 Å². The lowest BCUT2D eigenvalue weighted by atomic mass is 10.1. The van der Waals surface area contributed by atoms with Crippen molar-refractivity contribution < 1.29 is 13.2 Å². The van der Waals surface area contributed by atoms with Crippen LogP contribution in [0.4, 0.5) is 5.69 Å². The SMILES string of the molecule is CCCC(CC)NS(=O)(=O)c1ccc(C(N)=O)cc1N. The standard InChI is InChI=1S/C13H21N3O3S/c1-3-5-10(4-2)16-20(18,19)12-7-6-9(13(15)17)8-11(12)14/h6-8,10,16H,3-5,14H2,1-2H3,(H2,15,17). The van der Waals surface area contributed by atoms with Crippen LogP contribution in [0.2, 0.25) is 0 Å². The highest BCUT2D eigenvalue weighted by atomic mass is 32.2. The second-order valence-corrected chi connectivity index (χ2v) is 6.31. The highest BCUT2D eigenvalue weighted by Gasteiger charge is 2.21. The van der Waals surface area contributed by atoms with Gasteiger partial charge < -0.3 is 11.5 Å². The lowest BCUT2D eigenvalue weighted by molar-refractivity contribution is 0.1000. The average Bonchev–Trinajstić information content (AvgIpc) is 2.37. The Morgan fingerprint density at radius 2 is 2.00 bits per heavy atom. The molecule has 1 aromatic carbocycles. The van der Waals surface area contributed by atoms with Gasteiger partial charge in [0.15, 0.2) is 0 Å². The molecule has 1 aromatic rings. The predicted octanol–water partition coefficient (Wildman–Crippen LogP) is 1.22. The zero-order chi connectivity index (χ0) is 15.3. The van der Waals surface area contributed by atoms with E-state index in [0.29, 0.717) is 6.42 Å². The van der Waals surface area contributed by atoms with Crippen molar-refractivity contribution in [2.75, 3.05) is 5.73 Å². The third-order valence-electron chi connectivity index (χ3n) is 3.04. The highest BCUT2D eigenvalue weighted by Crippen LogP contribution is 2.20. The number of hydrogen-bond acceptors (Lipinski definition) is 4. The second kappa shape index (κ2) is 6.71. The minimum Gasteiger partial charge on any atom is -0.398 e. The maximum atomic E-state index is 12.3. The summed E-state index contributed by atoms with van der Waals surface area (Å²) in [6.07, 6.45) is 2.35. The van der Waals surface area contributed by atoms with Gasteiger partial charge in [0.1, 0.15) is 4.90 Å².